The van der Waals surface area contributed by atoms with Crippen molar-refractivity contribution >= 4 is 52.2 Å². The van der Waals surface area contributed by atoms with E-state index in [1.807, 2.05) is 0 Å². The van der Waals surface area contributed by atoms with E-state index in [1.54, 1.807) is 36.4 Å². The van der Waals surface area contributed by atoms with Gasteiger partial charge in [0.2, 0.25) is 5.91 Å². The third-order valence-corrected chi connectivity index (χ3v) is 5.92. The van der Waals surface area contributed by atoms with Crippen LogP contribution < -0.4 is 10.3 Å². The molecule has 11 nitrogen and oxygen atoms in total. The molecular weight excluding hydrogens is 480 g/mol. The van der Waals surface area contributed by atoms with Gasteiger partial charge in [-0.1, -0.05) is 36.4 Å². The maximum absolute atomic E-state index is 13.8. The average Bonchev–Trinajstić information content (AvgIpc) is 2.98. The number of nitrogens with one attached hydrogen (secondary N) is 1. The Kier molecular flexibility index (Phi) is 7.05. The lowest BCUT2D eigenvalue weighted by Crippen LogP contribution is -2.59. The number of aldehydes is 1. The number of para-hydroxylation sites is 1. The molecule has 1 aromatic heterocycles. The number of Topliss-reactive ketones (excluding diaryl/α,β-unsaturated/α-hetero) is 1. The topological polar surface area (TPSA) is 154 Å². The zero-order valence-corrected chi connectivity index (χ0v) is 19.7. The van der Waals surface area contributed by atoms with E-state index in [0.29, 0.717) is 10.4 Å². The summed E-state index contributed by atoms with van der Waals surface area (Å²) in [4.78, 5) is 80.2. The fraction of sp³-hybridized carbons (Fsp3) is 0.192. The Labute approximate surface area is 210 Å². The first-order valence-electron chi connectivity index (χ1n) is 11.3. The molecule has 1 aliphatic heterocycles. The molecule has 0 saturated heterocycles. The summed E-state index contributed by atoms with van der Waals surface area (Å²) in [6.07, 6.45) is 0.475. The highest BCUT2D eigenvalue weighted by Gasteiger charge is 2.42. The standard InChI is InChI=1S/C26H22N4O7/c1-15(32)29(17(14-31)12-23(34)35)30-21-9-5-4-8-19(21)22(33)13-20(26(30)37)28-25(36)24-18-7-3-2-6-16(18)10-11-27-24/h2-11,14,17,20H,12-13H2,1H3,(H,28,36)(H,34,35)/t17-,20-/m0/s1. The van der Waals surface area contributed by atoms with Gasteiger partial charge >= 0.3 is 5.97 Å². The summed E-state index contributed by atoms with van der Waals surface area (Å²) < 4.78 is 0. The van der Waals surface area contributed by atoms with Crippen molar-refractivity contribution in [2.45, 2.75) is 31.8 Å². The number of fused-ring (bicyclic) bond motifs is 2. The van der Waals surface area contributed by atoms with Gasteiger partial charge in [-0.25, -0.2) is 10.0 Å². The Hall–Kier alpha value is -4.93. The van der Waals surface area contributed by atoms with Crippen molar-refractivity contribution in [2.24, 2.45) is 0 Å². The number of carbonyl (C=O) groups is 6. The highest BCUT2D eigenvalue weighted by Crippen LogP contribution is 2.30. The minimum atomic E-state index is -1.55. The van der Waals surface area contributed by atoms with Crippen LogP contribution in [-0.2, 0) is 19.2 Å². The number of amides is 3. The second-order valence-electron chi connectivity index (χ2n) is 8.37. The number of hydrogen-bond donors (Lipinski definition) is 2. The maximum atomic E-state index is 13.8. The fourth-order valence-electron chi connectivity index (χ4n) is 4.30. The Morgan fingerprint density at radius 3 is 2.54 bits per heavy atom. The molecular formula is C26H22N4O7. The van der Waals surface area contributed by atoms with E-state index in [1.165, 1.54) is 24.4 Å². The smallest absolute Gasteiger partial charge is 0.305 e. The summed E-state index contributed by atoms with van der Waals surface area (Å²) in [6.45, 7) is 1.06. The van der Waals surface area contributed by atoms with Crippen LogP contribution in [0.15, 0.2) is 60.8 Å². The lowest BCUT2D eigenvalue weighted by atomic mass is 10.0. The highest BCUT2D eigenvalue weighted by atomic mass is 16.4. The van der Waals surface area contributed by atoms with Crippen LogP contribution in [-0.4, -0.2) is 62.9 Å². The molecule has 2 atom stereocenters. The summed E-state index contributed by atoms with van der Waals surface area (Å²) in [5.41, 5.74) is 0.0961. The summed E-state index contributed by atoms with van der Waals surface area (Å²) in [5.74, 6) is -4.29. The zero-order valence-electron chi connectivity index (χ0n) is 19.7. The third-order valence-electron chi connectivity index (χ3n) is 5.92. The number of nitrogens with zero attached hydrogens (tertiary/aromatic N) is 3. The van der Waals surface area contributed by atoms with Crippen molar-refractivity contribution in [3.05, 3.63) is 72.1 Å². The van der Waals surface area contributed by atoms with Crippen LogP contribution in [0.5, 0.6) is 0 Å². The molecule has 1 aliphatic rings. The maximum Gasteiger partial charge on any atom is 0.305 e. The number of hydrogen-bond acceptors (Lipinski definition) is 7. The minimum Gasteiger partial charge on any atom is -0.481 e. The van der Waals surface area contributed by atoms with Crippen molar-refractivity contribution in [1.29, 1.82) is 0 Å². The molecule has 0 radical (unpaired) electrons. The lowest BCUT2D eigenvalue weighted by Gasteiger charge is -2.38. The number of anilines is 1. The molecule has 0 bridgehead atoms. The van der Waals surface area contributed by atoms with E-state index in [4.69, 9.17) is 0 Å². The van der Waals surface area contributed by atoms with E-state index in [2.05, 4.69) is 10.3 Å². The van der Waals surface area contributed by atoms with Gasteiger partial charge in [0.1, 0.15) is 24.1 Å². The first-order chi connectivity index (χ1) is 17.7. The third kappa shape index (κ3) is 4.92. The van der Waals surface area contributed by atoms with Crippen LogP contribution in [0.25, 0.3) is 10.8 Å². The Balaban J connectivity index is 1.78. The number of rotatable bonds is 7. The average molecular weight is 502 g/mol. The van der Waals surface area contributed by atoms with Crippen molar-refractivity contribution in [3.8, 4) is 0 Å². The Bertz CT molecular complexity index is 1430. The molecule has 0 fully saturated rings. The minimum absolute atomic E-state index is 0.00928. The molecule has 4 rings (SSSR count). The molecule has 188 valence electrons. The fourth-order valence-corrected chi connectivity index (χ4v) is 4.30. The van der Waals surface area contributed by atoms with E-state index < -0.39 is 54.4 Å². The van der Waals surface area contributed by atoms with E-state index in [0.717, 1.165) is 17.3 Å². The van der Waals surface area contributed by atoms with Gasteiger partial charge in [-0.3, -0.25) is 29.0 Å². The molecule has 3 aromatic rings. The highest BCUT2D eigenvalue weighted by molar-refractivity contribution is 6.15. The Morgan fingerprint density at radius 1 is 1.14 bits per heavy atom. The van der Waals surface area contributed by atoms with E-state index in [9.17, 15) is 33.9 Å². The quantitative estimate of drug-likeness (QED) is 0.463. The van der Waals surface area contributed by atoms with E-state index in [-0.39, 0.29) is 23.2 Å². The molecule has 0 spiro atoms. The lowest BCUT2D eigenvalue weighted by molar-refractivity contribution is -0.145. The number of ketones is 1. The molecule has 2 N–H and O–H groups in total. The molecule has 2 heterocycles. The van der Waals surface area contributed by atoms with Gasteiger partial charge in [0.15, 0.2) is 5.78 Å². The molecule has 3 amide bonds. The first kappa shape index (κ1) is 25.2. The van der Waals surface area contributed by atoms with Crippen molar-refractivity contribution in [2.75, 3.05) is 5.01 Å². The number of carboxylic acids is 1. The second kappa shape index (κ2) is 10.4. The van der Waals surface area contributed by atoms with Gasteiger partial charge in [0, 0.05) is 30.5 Å². The number of pyridine rings is 1. The molecule has 0 unspecified atom stereocenters. The molecule has 2 aromatic carbocycles. The summed E-state index contributed by atoms with van der Waals surface area (Å²) in [5, 5.41) is 14.6. The SMILES string of the molecule is CC(=O)N([C@H](C=O)CC(=O)O)N1C(=O)[C@@H](NC(=O)c2nccc3ccccc23)CC(=O)c2ccccc21. The molecule has 11 heteroatoms. The number of carboxylic acid groups (broad SMARTS) is 1. The largest absolute Gasteiger partial charge is 0.481 e. The van der Waals surface area contributed by atoms with Crippen LogP contribution in [0.3, 0.4) is 0 Å². The van der Waals surface area contributed by atoms with Crippen LogP contribution in [0.1, 0.15) is 40.6 Å². The van der Waals surface area contributed by atoms with Crippen LogP contribution >= 0.6 is 0 Å². The van der Waals surface area contributed by atoms with Crippen LogP contribution in [0.2, 0.25) is 0 Å². The van der Waals surface area contributed by atoms with Crippen LogP contribution in [0, 0.1) is 0 Å². The zero-order chi connectivity index (χ0) is 26.7. The molecule has 0 aliphatic carbocycles. The Morgan fingerprint density at radius 2 is 1.84 bits per heavy atom. The summed E-state index contributed by atoms with van der Waals surface area (Å²) >= 11 is 0. The van der Waals surface area contributed by atoms with Crippen molar-refractivity contribution in [1.82, 2.24) is 15.3 Å². The molecule has 0 saturated carbocycles. The van der Waals surface area contributed by atoms with Gasteiger partial charge in [-0.15, -0.1) is 0 Å². The molecule has 37 heavy (non-hydrogen) atoms. The van der Waals surface area contributed by atoms with Crippen molar-refractivity contribution < 1.29 is 33.9 Å². The number of carbonyl (C=O) groups excluding carboxylic acids is 5. The van der Waals surface area contributed by atoms with Crippen LogP contribution in [0.4, 0.5) is 5.69 Å². The predicted octanol–water partition coefficient (Wildman–Crippen LogP) is 1.76. The predicted molar refractivity (Wildman–Crippen MR) is 130 cm³/mol. The van der Waals surface area contributed by atoms with E-state index >= 15 is 0 Å². The number of benzene rings is 2. The van der Waals surface area contributed by atoms with Gasteiger partial charge < -0.3 is 15.2 Å². The normalized spacial score (nSPS) is 15.9. The first-order valence-corrected chi connectivity index (χ1v) is 11.3. The van der Waals surface area contributed by atoms with Gasteiger partial charge in [-0.2, -0.15) is 0 Å². The monoisotopic (exact) mass is 502 g/mol. The van der Waals surface area contributed by atoms with Crippen molar-refractivity contribution in [3.63, 3.8) is 0 Å². The van der Waals surface area contributed by atoms with Gasteiger partial charge in [0.05, 0.1) is 12.1 Å². The number of hydrazine groups is 1. The van der Waals surface area contributed by atoms with Gasteiger partial charge in [-0.05, 0) is 23.6 Å². The second-order valence-corrected chi connectivity index (χ2v) is 8.37. The van der Waals surface area contributed by atoms with Gasteiger partial charge in [0.25, 0.3) is 11.8 Å². The summed E-state index contributed by atoms with van der Waals surface area (Å²) in [6, 6.07) is 11.7. The summed E-state index contributed by atoms with van der Waals surface area (Å²) in [7, 11) is 0. The number of aromatic nitrogens is 1. The number of aliphatic carboxylic acids is 1.